The lowest BCUT2D eigenvalue weighted by Gasteiger charge is -2.15. The SMILES string of the molecule is COc1ccc2c3oc(=O)c(Sc4cccc(Cl)c4)c(O)c3c(=O)n(-c3ccccc3)c2c1. The van der Waals surface area contributed by atoms with E-state index in [2.05, 4.69) is 0 Å². The first-order valence-electron chi connectivity index (χ1n) is 9.89. The summed E-state index contributed by atoms with van der Waals surface area (Å²) in [6, 6.07) is 20.9. The van der Waals surface area contributed by atoms with Gasteiger partial charge in [-0.15, -0.1) is 0 Å². The molecule has 2 aromatic heterocycles. The van der Waals surface area contributed by atoms with Crippen LogP contribution in [0.15, 0.2) is 96.6 Å². The maximum atomic E-state index is 13.7. The molecule has 0 saturated carbocycles. The molecule has 0 aliphatic heterocycles. The molecule has 2 heterocycles. The highest BCUT2D eigenvalue weighted by atomic mass is 35.5. The molecule has 33 heavy (non-hydrogen) atoms. The average molecular weight is 478 g/mol. The van der Waals surface area contributed by atoms with Crippen molar-refractivity contribution in [2.45, 2.75) is 9.79 Å². The first kappa shape index (κ1) is 21.2. The Bertz CT molecular complexity index is 1640. The van der Waals surface area contributed by atoms with Crippen LogP contribution in [-0.4, -0.2) is 16.8 Å². The molecule has 0 unspecified atom stereocenters. The molecule has 0 atom stereocenters. The Labute approximate surface area is 196 Å². The second-order valence-corrected chi connectivity index (χ2v) is 8.71. The number of hydrogen-bond acceptors (Lipinski definition) is 6. The molecular weight excluding hydrogens is 462 g/mol. The van der Waals surface area contributed by atoms with Gasteiger partial charge in [0.25, 0.3) is 5.56 Å². The number of para-hydroxylation sites is 1. The van der Waals surface area contributed by atoms with E-state index in [4.69, 9.17) is 20.8 Å². The summed E-state index contributed by atoms with van der Waals surface area (Å²) in [6.45, 7) is 0. The fraction of sp³-hybridized carbons (Fsp3) is 0.0400. The van der Waals surface area contributed by atoms with Crippen LogP contribution in [0.5, 0.6) is 11.5 Å². The van der Waals surface area contributed by atoms with Gasteiger partial charge in [0.05, 0.1) is 12.6 Å². The quantitative estimate of drug-likeness (QED) is 0.338. The van der Waals surface area contributed by atoms with Gasteiger partial charge in [-0.25, -0.2) is 4.79 Å². The number of halogens is 1. The summed E-state index contributed by atoms with van der Waals surface area (Å²) < 4.78 is 12.4. The molecule has 0 aliphatic rings. The van der Waals surface area contributed by atoms with Crippen molar-refractivity contribution in [2.24, 2.45) is 0 Å². The van der Waals surface area contributed by atoms with Crippen LogP contribution in [0.2, 0.25) is 5.02 Å². The van der Waals surface area contributed by atoms with Crippen molar-refractivity contribution >= 4 is 45.2 Å². The zero-order valence-corrected chi connectivity index (χ0v) is 18.8. The van der Waals surface area contributed by atoms with E-state index in [9.17, 15) is 14.7 Å². The summed E-state index contributed by atoms with van der Waals surface area (Å²) in [5.74, 6) is 0.101. The molecule has 5 rings (SSSR count). The van der Waals surface area contributed by atoms with Crippen molar-refractivity contribution in [1.29, 1.82) is 0 Å². The minimum absolute atomic E-state index is 0.0165. The minimum Gasteiger partial charge on any atom is -0.505 e. The molecule has 164 valence electrons. The fourth-order valence-electron chi connectivity index (χ4n) is 3.70. The monoisotopic (exact) mass is 477 g/mol. The lowest BCUT2D eigenvalue weighted by Crippen LogP contribution is -2.20. The van der Waals surface area contributed by atoms with Gasteiger partial charge < -0.3 is 14.3 Å². The molecule has 0 radical (unpaired) electrons. The van der Waals surface area contributed by atoms with E-state index in [0.717, 1.165) is 11.8 Å². The normalized spacial score (nSPS) is 11.2. The summed E-state index contributed by atoms with van der Waals surface area (Å²) in [6.07, 6.45) is 0. The highest BCUT2D eigenvalue weighted by molar-refractivity contribution is 7.99. The third-order valence-electron chi connectivity index (χ3n) is 5.20. The van der Waals surface area contributed by atoms with E-state index >= 15 is 0 Å². The van der Waals surface area contributed by atoms with Gasteiger partial charge in [-0.1, -0.05) is 47.6 Å². The van der Waals surface area contributed by atoms with Crippen molar-refractivity contribution in [3.05, 3.63) is 98.6 Å². The number of aromatic hydroxyl groups is 1. The number of rotatable bonds is 4. The Morgan fingerprint density at radius 1 is 1.00 bits per heavy atom. The Morgan fingerprint density at radius 3 is 2.52 bits per heavy atom. The molecule has 0 fully saturated rings. The van der Waals surface area contributed by atoms with Crippen LogP contribution in [0.4, 0.5) is 0 Å². The van der Waals surface area contributed by atoms with Crippen LogP contribution in [0.3, 0.4) is 0 Å². The van der Waals surface area contributed by atoms with Gasteiger partial charge in [-0.2, -0.15) is 0 Å². The Kier molecular flexibility index (Phi) is 5.36. The first-order chi connectivity index (χ1) is 16.0. The van der Waals surface area contributed by atoms with Gasteiger partial charge in [0, 0.05) is 27.1 Å². The summed E-state index contributed by atoms with van der Waals surface area (Å²) in [7, 11) is 1.53. The van der Waals surface area contributed by atoms with Gasteiger partial charge >= 0.3 is 5.63 Å². The molecule has 0 amide bonds. The van der Waals surface area contributed by atoms with Crippen molar-refractivity contribution in [2.75, 3.05) is 7.11 Å². The Hall–Kier alpha value is -3.68. The number of methoxy groups -OCH3 is 1. The largest absolute Gasteiger partial charge is 0.505 e. The number of aromatic nitrogens is 1. The van der Waals surface area contributed by atoms with Crippen LogP contribution >= 0.6 is 23.4 Å². The number of hydrogen-bond donors (Lipinski definition) is 1. The number of nitrogens with zero attached hydrogens (tertiary/aromatic N) is 1. The average Bonchev–Trinajstić information content (AvgIpc) is 2.82. The summed E-state index contributed by atoms with van der Waals surface area (Å²) in [5, 5.41) is 12.0. The number of ether oxygens (including phenoxy) is 1. The first-order valence-corrected chi connectivity index (χ1v) is 11.1. The maximum Gasteiger partial charge on any atom is 0.354 e. The smallest absolute Gasteiger partial charge is 0.354 e. The molecule has 0 spiro atoms. The zero-order valence-electron chi connectivity index (χ0n) is 17.2. The van der Waals surface area contributed by atoms with E-state index < -0.39 is 16.9 Å². The molecule has 0 aliphatic carbocycles. The van der Waals surface area contributed by atoms with Crippen molar-refractivity contribution in [3.63, 3.8) is 0 Å². The summed E-state index contributed by atoms with van der Waals surface area (Å²) in [4.78, 5) is 27.1. The van der Waals surface area contributed by atoms with Crippen LogP contribution in [0.1, 0.15) is 0 Å². The van der Waals surface area contributed by atoms with E-state index in [1.807, 2.05) is 18.2 Å². The van der Waals surface area contributed by atoms with Crippen molar-refractivity contribution in [1.82, 2.24) is 4.57 Å². The molecule has 5 aromatic rings. The third-order valence-corrected chi connectivity index (χ3v) is 6.49. The zero-order chi connectivity index (χ0) is 23.1. The van der Waals surface area contributed by atoms with E-state index in [0.29, 0.717) is 32.3 Å². The standard InChI is InChI=1S/C25H16ClNO5S/c1-31-16-10-11-18-19(13-16)27(15-7-3-2-4-8-15)24(29)20-21(28)23(25(30)32-22(18)20)33-17-9-5-6-14(26)12-17/h2-13,28H,1H3. The van der Waals surface area contributed by atoms with Crippen LogP contribution in [0.25, 0.3) is 27.6 Å². The van der Waals surface area contributed by atoms with E-state index in [1.54, 1.807) is 54.6 Å². The van der Waals surface area contributed by atoms with Gasteiger partial charge in [-0.3, -0.25) is 9.36 Å². The molecule has 3 aromatic carbocycles. The minimum atomic E-state index is -0.751. The highest BCUT2D eigenvalue weighted by Gasteiger charge is 2.23. The van der Waals surface area contributed by atoms with Crippen LogP contribution < -0.4 is 15.9 Å². The van der Waals surface area contributed by atoms with Gasteiger partial charge in [0.2, 0.25) is 0 Å². The van der Waals surface area contributed by atoms with Crippen LogP contribution in [-0.2, 0) is 0 Å². The maximum absolute atomic E-state index is 13.7. The second-order valence-electron chi connectivity index (χ2n) is 7.19. The lowest BCUT2D eigenvalue weighted by atomic mass is 10.1. The van der Waals surface area contributed by atoms with Gasteiger partial charge in [0.1, 0.15) is 16.0 Å². The Morgan fingerprint density at radius 2 is 1.79 bits per heavy atom. The second kappa shape index (κ2) is 8.35. The van der Waals surface area contributed by atoms with Gasteiger partial charge in [-0.05, 0) is 42.5 Å². The molecule has 0 saturated heterocycles. The lowest BCUT2D eigenvalue weighted by molar-refractivity contribution is 0.415. The van der Waals surface area contributed by atoms with Crippen molar-refractivity contribution < 1.29 is 14.3 Å². The van der Waals surface area contributed by atoms with E-state index in [-0.39, 0.29) is 15.9 Å². The predicted molar refractivity (Wildman–Crippen MR) is 129 cm³/mol. The third kappa shape index (κ3) is 3.65. The van der Waals surface area contributed by atoms with Crippen molar-refractivity contribution in [3.8, 4) is 17.2 Å². The Balaban J connectivity index is 1.88. The topological polar surface area (TPSA) is 81.7 Å². The molecular formula is C25H16ClNO5S. The summed E-state index contributed by atoms with van der Waals surface area (Å²) in [5.41, 5.74) is -0.180. The molecule has 1 N–H and O–H groups in total. The molecule has 0 bridgehead atoms. The predicted octanol–water partition coefficient (Wildman–Crippen LogP) is 5.62. The molecule has 8 heteroatoms. The highest BCUT2D eigenvalue weighted by Crippen LogP contribution is 2.38. The summed E-state index contributed by atoms with van der Waals surface area (Å²) >= 11 is 7.03. The fourth-order valence-corrected chi connectivity index (χ4v) is 4.85. The van der Waals surface area contributed by atoms with Gasteiger partial charge in [0.15, 0.2) is 11.3 Å². The number of pyridine rings is 1. The van der Waals surface area contributed by atoms with E-state index in [1.165, 1.54) is 11.7 Å². The van der Waals surface area contributed by atoms with Crippen LogP contribution in [0, 0.1) is 0 Å². The molecule has 6 nitrogen and oxygen atoms in total. The number of fused-ring (bicyclic) bond motifs is 3. The number of benzene rings is 3.